The second-order valence-electron chi connectivity index (χ2n) is 5.35. The van der Waals surface area contributed by atoms with E-state index in [1.165, 1.54) is 4.31 Å². The minimum absolute atomic E-state index is 0.140. The lowest BCUT2D eigenvalue weighted by atomic mass is 10.2. The van der Waals surface area contributed by atoms with Gasteiger partial charge in [0.05, 0.1) is 5.88 Å². The van der Waals surface area contributed by atoms with Gasteiger partial charge < -0.3 is 9.32 Å². The van der Waals surface area contributed by atoms with Gasteiger partial charge in [-0.25, -0.2) is 8.42 Å². The van der Waals surface area contributed by atoms with Gasteiger partial charge in [0.2, 0.25) is 10.0 Å². The molecule has 2 rings (SSSR count). The third-order valence-corrected chi connectivity index (χ3v) is 6.31. The summed E-state index contributed by atoms with van der Waals surface area (Å²) < 4.78 is 32.7. The molecule has 0 saturated carbocycles. The molecular formula is C13H21ClN2O3S. The molecule has 7 heteroatoms. The molecule has 1 unspecified atom stereocenters. The number of alkyl halides is 1. The molecule has 1 saturated heterocycles. The second-order valence-corrected chi connectivity index (χ2v) is 7.49. The van der Waals surface area contributed by atoms with E-state index in [1.807, 2.05) is 14.0 Å². The molecule has 20 heavy (non-hydrogen) atoms. The number of hydrogen-bond donors (Lipinski definition) is 0. The third kappa shape index (κ3) is 2.62. The van der Waals surface area contributed by atoms with Crippen molar-refractivity contribution in [2.24, 2.45) is 0 Å². The van der Waals surface area contributed by atoms with Crippen LogP contribution in [-0.4, -0.2) is 50.3 Å². The molecule has 0 spiro atoms. The van der Waals surface area contributed by atoms with Gasteiger partial charge in [0.15, 0.2) is 0 Å². The number of sulfonamides is 1. The number of nitrogens with zero attached hydrogens (tertiary/aromatic N) is 2. The van der Waals surface area contributed by atoms with Crippen molar-refractivity contribution in [2.75, 3.05) is 26.7 Å². The van der Waals surface area contributed by atoms with Gasteiger partial charge in [-0.15, -0.1) is 11.6 Å². The average Bonchev–Trinajstić information content (AvgIpc) is 2.67. The molecule has 1 atom stereocenters. The fraction of sp³-hybridized carbons (Fsp3) is 0.692. The standard InChI is InChI=1S/C13H21ClN2O3S/c1-9-8-16(6-5-15(9)4)20(17,18)13-11(3)19-10(2)12(13)7-14/h9H,5-8H2,1-4H3. The first-order valence-electron chi connectivity index (χ1n) is 6.64. The van der Waals surface area contributed by atoms with Gasteiger partial charge in [0.1, 0.15) is 16.4 Å². The zero-order chi connectivity index (χ0) is 15.1. The first-order chi connectivity index (χ1) is 9.28. The molecule has 1 fully saturated rings. The molecule has 0 aliphatic carbocycles. The molecular weight excluding hydrogens is 300 g/mol. The van der Waals surface area contributed by atoms with Crippen molar-refractivity contribution < 1.29 is 12.8 Å². The molecule has 114 valence electrons. The second kappa shape index (κ2) is 5.67. The number of likely N-dealkylation sites (N-methyl/N-ethyl adjacent to an activating group) is 1. The normalized spacial score (nSPS) is 22.4. The largest absolute Gasteiger partial charge is 0.465 e. The van der Waals surface area contributed by atoms with E-state index in [0.717, 1.165) is 6.54 Å². The Balaban J connectivity index is 2.41. The van der Waals surface area contributed by atoms with E-state index in [2.05, 4.69) is 4.90 Å². The average molecular weight is 321 g/mol. The van der Waals surface area contributed by atoms with E-state index in [-0.39, 0.29) is 16.8 Å². The zero-order valence-electron chi connectivity index (χ0n) is 12.3. The fourth-order valence-corrected chi connectivity index (χ4v) is 4.89. The highest BCUT2D eigenvalue weighted by atomic mass is 35.5. The van der Waals surface area contributed by atoms with E-state index in [9.17, 15) is 8.42 Å². The van der Waals surface area contributed by atoms with Crippen LogP contribution in [0, 0.1) is 13.8 Å². The summed E-state index contributed by atoms with van der Waals surface area (Å²) in [6.07, 6.45) is 0. The number of piperazine rings is 1. The minimum Gasteiger partial charge on any atom is -0.465 e. The van der Waals surface area contributed by atoms with Crippen molar-refractivity contribution in [1.82, 2.24) is 9.21 Å². The summed E-state index contributed by atoms with van der Waals surface area (Å²) in [7, 11) is -1.54. The Hall–Kier alpha value is -0.560. The van der Waals surface area contributed by atoms with Crippen molar-refractivity contribution in [3.63, 3.8) is 0 Å². The van der Waals surface area contributed by atoms with Crippen molar-refractivity contribution in [3.8, 4) is 0 Å². The van der Waals surface area contributed by atoms with Gasteiger partial charge in [-0.05, 0) is 27.8 Å². The van der Waals surface area contributed by atoms with E-state index < -0.39 is 10.0 Å². The maximum absolute atomic E-state index is 12.8. The van der Waals surface area contributed by atoms with Gasteiger partial charge in [-0.2, -0.15) is 4.31 Å². The van der Waals surface area contributed by atoms with Crippen molar-refractivity contribution in [3.05, 3.63) is 17.1 Å². The summed E-state index contributed by atoms with van der Waals surface area (Å²) in [6.45, 7) is 7.16. The van der Waals surface area contributed by atoms with Gasteiger partial charge in [-0.3, -0.25) is 0 Å². The summed E-state index contributed by atoms with van der Waals surface area (Å²) in [6, 6.07) is 0.200. The third-order valence-electron chi connectivity index (χ3n) is 3.98. The summed E-state index contributed by atoms with van der Waals surface area (Å²) >= 11 is 5.90. The van der Waals surface area contributed by atoms with Gasteiger partial charge in [0, 0.05) is 31.2 Å². The number of halogens is 1. The molecule has 1 aromatic rings. The van der Waals surface area contributed by atoms with E-state index in [0.29, 0.717) is 30.2 Å². The van der Waals surface area contributed by atoms with E-state index in [4.69, 9.17) is 16.0 Å². The monoisotopic (exact) mass is 320 g/mol. The Kier molecular flexibility index (Phi) is 4.49. The predicted molar refractivity (Wildman–Crippen MR) is 78.6 cm³/mol. The van der Waals surface area contributed by atoms with Crippen molar-refractivity contribution in [1.29, 1.82) is 0 Å². The Morgan fingerprint density at radius 3 is 2.50 bits per heavy atom. The highest BCUT2D eigenvalue weighted by Crippen LogP contribution is 2.31. The minimum atomic E-state index is -3.54. The quantitative estimate of drug-likeness (QED) is 0.799. The highest BCUT2D eigenvalue weighted by Gasteiger charge is 2.35. The lowest BCUT2D eigenvalue weighted by Gasteiger charge is -2.36. The van der Waals surface area contributed by atoms with E-state index in [1.54, 1.807) is 13.8 Å². The lowest BCUT2D eigenvalue weighted by molar-refractivity contribution is 0.159. The number of furan rings is 1. The maximum atomic E-state index is 12.8. The lowest BCUT2D eigenvalue weighted by Crippen LogP contribution is -2.52. The Bertz CT molecular complexity index is 597. The van der Waals surface area contributed by atoms with Crippen LogP contribution < -0.4 is 0 Å². The number of hydrogen-bond acceptors (Lipinski definition) is 4. The van der Waals surface area contributed by atoms with Crippen LogP contribution >= 0.6 is 11.6 Å². The van der Waals surface area contributed by atoms with Crippen LogP contribution in [0.4, 0.5) is 0 Å². The molecule has 0 amide bonds. The number of rotatable bonds is 3. The zero-order valence-corrected chi connectivity index (χ0v) is 13.9. The van der Waals surface area contributed by atoms with Gasteiger partial charge >= 0.3 is 0 Å². The van der Waals surface area contributed by atoms with Crippen LogP contribution in [-0.2, 0) is 15.9 Å². The smallest absolute Gasteiger partial charge is 0.246 e. The Morgan fingerprint density at radius 2 is 1.95 bits per heavy atom. The first kappa shape index (κ1) is 15.8. The van der Waals surface area contributed by atoms with Gasteiger partial charge in [0.25, 0.3) is 0 Å². The van der Waals surface area contributed by atoms with Crippen molar-refractivity contribution in [2.45, 2.75) is 37.6 Å². The molecule has 2 heterocycles. The van der Waals surface area contributed by atoms with Crippen LogP contribution in [0.15, 0.2) is 9.31 Å². The summed E-state index contributed by atoms with van der Waals surface area (Å²) in [5, 5.41) is 0. The summed E-state index contributed by atoms with van der Waals surface area (Å²) in [4.78, 5) is 2.41. The van der Waals surface area contributed by atoms with Crippen molar-refractivity contribution >= 4 is 21.6 Å². The molecule has 0 aromatic carbocycles. The molecule has 0 N–H and O–H groups in total. The molecule has 0 radical (unpaired) electrons. The first-order valence-corrected chi connectivity index (χ1v) is 8.61. The Labute approximate surface area is 125 Å². The topological polar surface area (TPSA) is 53.8 Å². The van der Waals surface area contributed by atoms with Crippen LogP contribution in [0.5, 0.6) is 0 Å². The summed E-state index contributed by atoms with van der Waals surface area (Å²) in [5.74, 6) is 1.14. The molecule has 1 aliphatic heterocycles. The highest BCUT2D eigenvalue weighted by molar-refractivity contribution is 7.89. The molecule has 1 aromatic heterocycles. The SMILES string of the molecule is Cc1oc(C)c(S(=O)(=O)N2CCN(C)C(C)C2)c1CCl. The van der Waals surface area contributed by atoms with Crippen LogP contribution in [0.1, 0.15) is 24.0 Å². The van der Waals surface area contributed by atoms with E-state index >= 15 is 0 Å². The molecule has 1 aliphatic rings. The Morgan fingerprint density at radius 1 is 1.30 bits per heavy atom. The van der Waals surface area contributed by atoms with Crippen LogP contribution in [0.3, 0.4) is 0 Å². The molecule has 5 nitrogen and oxygen atoms in total. The van der Waals surface area contributed by atoms with Gasteiger partial charge in [-0.1, -0.05) is 0 Å². The fourth-order valence-electron chi connectivity index (χ4n) is 2.56. The summed E-state index contributed by atoms with van der Waals surface area (Å²) in [5.41, 5.74) is 0.579. The molecule has 0 bridgehead atoms. The van der Waals surface area contributed by atoms with Crippen LogP contribution in [0.25, 0.3) is 0 Å². The van der Waals surface area contributed by atoms with Crippen LogP contribution in [0.2, 0.25) is 0 Å². The number of aryl methyl sites for hydroxylation is 2. The maximum Gasteiger partial charge on any atom is 0.246 e. The predicted octanol–water partition coefficient (Wildman–Crippen LogP) is 1.96.